The zero-order chi connectivity index (χ0) is 18.7. The third-order valence-electron chi connectivity index (χ3n) is 3.76. The molecular weight excluding hydrogens is 337 g/mol. The molecule has 140 valence electrons. The molecule has 0 aliphatic carbocycles. The van der Waals surface area contributed by atoms with Crippen LogP contribution in [0.4, 0.5) is 23.9 Å². The van der Waals surface area contributed by atoms with E-state index in [1.165, 1.54) is 0 Å². The van der Waals surface area contributed by atoms with E-state index in [1.54, 1.807) is 4.90 Å². The van der Waals surface area contributed by atoms with Gasteiger partial charge in [0.2, 0.25) is 5.95 Å². The van der Waals surface area contributed by atoms with E-state index >= 15 is 0 Å². The number of ether oxygens (including phenoxy) is 1. The van der Waals surface area contributed by atoms with Gasteiger partial charge in [0.05, 0.1) is 0 Å². The largest absolute Gasteiger partial charge is 0.444 e. The van der Waals surface area contributed by atoms with Crippen LogP contribution < -0.4 is 5.32 Å². The van der Waals surface area contributed by atoms with Gasteiger partial charge in [-0.2, -0.15) is 13.2 Å². The Balaban J connectivity index is 1.80. The monoisotopic (exact) mass is 360 g/mol. The molecule has 2 rings (SSSR count). The Morgan fingerprint density at radius 2 is 1.96 bits per heavy atom. The summed E-state index contributed by atoms with van der Waals surface area (Å²) in [5.74, 6) is 0.196. The number of piperidine rings is 1. The highest BCUT2D eigenvalue weighted by Gasteiger charge is 2.33. The summed E-state index contributed by atoms with van der Waals surface area (Å²) in [5, 5.41) is 2.85. The van der Waals surface area contributed by atoms with Crippen molar-refractivity contribution in [2.75, 3.05) is 25.0 Å². The van der Waals surface area contributed by atoms with Gasteiger partial charge in [-0.1, -0.05) is 0 Å². The van der Waals surface area contributed by atoms with E-state index in [2.05, 4.69) is 15.3 Å². The predicted molar refractivity (Wildman–Crippen MR) is 86.1 cm³/mol. The van der Waals surface area contributed by atoms with Crippen LogP contribution in [0.5, 0.6) is 0 Å². The Bertz CT molecular complexity index is 594. The van der Waals surface area contributed by atoms with E-state index in [9.17, 15) is 18.0 Å². The number of amides is 1. The standard InChI is InChI=1S/C16H23F3N4O2/c1-15(2,3)25-14(24)23-8-5-11(6-9-23)10-21-13-20-7-4-12(22-13)16(17,18)19/h4,7,11H,5-6,8-10H2,1-3H3,(H,20,21,22). The lowest BCUT2D eigenvalue weighted by Crippen LogP contribution is -2.42. The van der Waals surface area contributed by atoms with Gasteiger partial charge in [0, 0.05) is 25.8 Å². The first kappa shape index (κ1) is 19.3. The summed E-state index contributed by atoms with van der Waals surface area (Å²) in [5.41, 5.74) is -1.50. The summed E-state index contributed by atoms with van der Waals surface area (Å²) in [6.07, 6.45) is -2.25. The van der Waals surface area contributed by atoms with Crippen molar-refractivity contribution >= 4 is 12.0 Å². The van der Waals surface area contributed by atoms with Gasteiger partial charge in [-0.3, -0.25) is 0 Å². The molecule has 1 fully saturated rings. The van der Waals surface area contributed by atoms with E-state index in [0.717, 1.165) is 25.1 Å². The van der Waals surface area contributed by atoms with Crippen molar-refractivity contribution in [1.82, 2.24) is 14.9 Å². The molecule has 6 nitrogen and oxygen atoms in total. The summed E-state index contributed by atoms with van der Waals surface area (Å²) in [6, 6.07) is 0.838. The quantitative estimate of drug-likeness (QED) is 0.893. The minimum absolute atomic E-state index is 0.0376. The van der Waals surface area contributed by atoms with E-state index in [0.29, 0.717) is 19.6 Å². The molecule has 1 aromatic rings. The molecule has 1 saturated heterocycles. The summed E-state index contributed by atoms with van der Waals surface area (Å²) < 4.78 is 43.2. The zero-order valence-electron chi connectivity index (χ0n) is 14.6. The Hall–Kier alpha value is -2.06. The number of alkyl halides is 3. The van der Waals surface area contributed by atoms with Crippen molar-refractivity contribution in [3.63, 3.8) is 0 Å². The van der Waals surface area contributed by atoms with Gasteiger partial charge in [-0.25, -0.2) is 14.8 Å². The van der Waals surface area contributed by atoms with Crippen LogP contribution in [-0.4, -0.2) is 46.2 Å². The molecule has 0 saturated carbocycles. The number of hydrogen-bond acceptors (Lipinski definition) is 5. The van der Waals surface area contributed by atoms with Gasteiger partial charge in [0.15, 0.2) is 0 Å². The van der Waals surface area contributed by atoms with E-state index in [4.69, 9.17) is 4.74 Å². The molecule has 2 heterocycles. The average molecular weight is 360 g/mol. The third kappa shape index (κ3) is 6.06. The molecule has 9 heteroatoms. The maximum Gasteiger partial charge on any atom is 0.433 e. The highest BCUT2D eigenvalue weighted by molar-refractivity contribution is 5.68. The van der Waals surface area contributed by atoms with Crippen molar-refractivity contribution in [1.29, 1.82) is 0 Å². The molecule has 0 unspecified atom stereocenters. The van der Waals surface area contributed by atoms with Crippen LogP contribution in [0.3, 0.4) is 0 Å². The molecule has 0 radical (unpaired) electrons. The number of nitrogens with one attached hydrogen (secondary N) is 1. The molecule has 1 N–H and O–H groups in total. The van der Waals surface area contributed by atoms with Crippen LogP contribution in [0.1, 0.15) is 39.3 Å². The van der Waals surface area contributed by atoms with Gasteiger partial charge < -0.3 is 15.0 Å². The lowest BCUT2D eigenvalue weighted by atomic mass is 9.97. The lowest BCUT2D eigenvalue weighted by molar-refractivity contribution is -0.141. The number of halogens is 3. The van der Waals surface area contributed by atoms with Crippen LogP contribution in [0.25, 0.3) is 0 Å². The molecule has 0 aromatic carbocycles. The Morgan fingerprint density at radius 3 is 2.52 bits per heavy atom. The van der Waals surface area contributed by atoms with Crippen molar-refractivity contribution in [2.45, 2.75) is 45.4 Å². The first-order valence-electron chi connectivity index (χ1n) is 8.16. The molecule has 25 heavy (non-hydrogen) atoms. The predicted octanol–water partition coefficient (Wildman–Crippen LogP) is 3.55. The number of nitrogens with zero attached hydrogens (tertiary/aromatic N) is 3. The highest BCUT2D eigenvalue weighted by Crippen LogP contribution is 2.27. The van der Waals surface area contributed by atoms with Gasteiger partial charge in [0.1, 0.15) is 11.3 Å². The SMILES string of the molecule is CC(C)(C)OC(=O)N1CCC(CNc2nccc(C(F)(F)F)n2)CC1. The van der Waals surface area contributed by atoms with Crippen LogP contribution in [0, 0.1) is 5.92 Å². The second-order valence-corrected chi connectivity index (χ2v) is 7.05. The molecule has 1 aliphatic rings. The first-order valence-corrected chi connectivity index (χ1v) is 8.16. The fourth-order valence-electron chi connectivity index (χ4n) is 2.48. The lowest BCUT2D eigenvalue weighted by Gasteiger charge is -2.33. The smallest absolute Gasteiger partial charge is 0.433 e. The van der Waals surface area contributed by atoms with Crippen LogP contribution in [-0.2, 0) is 10.9 Å². The van der Waals surface area contributed by atoms with Gasteiger partial charge in [-0.15, -0.1) is 0 Å². The first-order chi connectivity index (χ1) is 11.5. The number of carbonyl (C=O) groups excluding carboxylic acids is 1. The van der Waals surface area contributed by atoms with E-state index in [-0.39, 0.29) is 18.0 Å². The summed E-state index contributed by atoms with van der Waals surface area (Å²) >= 11 is 0. The van der Waals surface area contributed by atoms with Crippen molar-refractivity contribution < 1.29 is 22.7 Å². The topological polar surface area (TPSA) is 67.3 Å². The number of rotatable bonds is 3. The Kier molecular flexibility index (Phi) is 5.74. The maximum atomic E-state index is 12.6. The van der Waals surface area contributed by atoms with E-state index < -0.39 is 17.5 Å². The van der Waals surface area contributed by atoms with Gasteiger partial charge in [0.25, 0.3) is 0 Å². The average Bonchev–Trinajstić information content (AvgIpc) is 2.51. The number of hydrogen-bond donors (Lipinski definition) is 1. The molecule has 0 bridgehead atoms. The molecule has 1 amide bonds. The molecule has 0 atom stereocenters. The van der Waals surface area contributed by atoms with Gasteiger partial charge >= 0.3 is 12.3 Å². The summed E-state index contributed by atoms with van der Waals surface area (Å²) in [7, 11) is 0. The van der Waals surface area contributed by atoms with Gasteiger partial charge in [-0.05, 0) is 45.6 Å². The van der Waals surface area contributed by atoms with Crippen molar-refractivity contribution in [3.8, 4) is 0 Å². The summed E-state index contributed by atoms with van der Waals surface area (Å²) in [4.78, 5) is 20.9. The number of likely N-dealkylation sites (tertiary alicyclic amines) is 1. The second kappa shape index (κ2) is 7.45. The van der Waals surface area contributed by atoms with Crippen LogP contribution in [0.2, 0.25) is 0 Å². The fourth-order valence-corrected chi connectivity index (χ4v) is 2.48. The number of carbonyl (C=O) groups is 1. The van der Waals surface area contributed by atoms with Crippen LogP contribution in [0.15, 0.2) is 12.3 Å². The molecule has 0 spiro atoms. The van der Waals surface area contributed by atoms with Crippen molar-refractivity contribution in [2.24, 2.45) is 5.92 Å². The zero-order valence-corrected chi connectivity index (χ0v) is 14.6. The minimum Gasteiger partial charge on any atom is -0.444 e. The second-order valence-electron chi connectivity index (χ2n) is 7.05. The number of anilines is 1. The molecule has 1 aliphatic heterocycles. The fraction of sp³-hybridized carbons (Fsp3) is 0.688. The van der Waals surface area contributed by atoms with E-state index in [1.807, 2.05) is 20.8 Å². The highest BCUT2D eigenvalue weighted by atomic mass is 19.4. The Morgan fingerprint density at radius 1 is 1.32 bits per heavy atom. The van der Waals surface area contributed by atoms with Crippen molar-refractivity contribution in [3.05, 3.63) is 18.0 Å². The third-order valence-corrected chi connectivity index (χ3v) is 3.76. The summed E-state index contributed by atoms with van der Waals surface area (Å²) in [6.45, 7) is 7.03. The minimum atomic E-state index is -4.49. The Labute approximate surface area is 144 Å². The molecule has 1 aromatic heterocycles. The maximum absolute atomic E-state index is 12.6. The normalized spacial score (nSPS) is 16.6. The van der Waals surface area contributed by atoms with Crippen LogP contribution >= 0.6 is 0 Å². The number of aromatic nitrogens is 2. The molecular formula is C16H23F3N4O2.